The van der Waals surface area contributed by atoms with Gasteiger partial charge < -0.3 is 10.2 Å². The Morgan fingerprint density at radius 1 is 1.33 bits per heavy atom. The third-order valence-corrected chi connectivity index (χ3v) is 6.42. The standard InChI is InChI=1S/C17H16ClFN2O2S/c18-14-13-11(19)5-2-6-12(13)24-15(14)17(23)21-7-9-3-1-4-10(8-21)20-16(9)22/h2,5-6,9-10H,1,3-4,7-8H2,(H,20,22). The molecule has 0 radical (unpaired) electrons. The minimum absolute atomic E-state index is 0.0150. The van der Waals surface area contributed by atoms with Crippen molar-refractivity contribution in [2.24, 2.45) is 5.92 Å². The van der Waals surface area contributed by atoms with Gasteiger partial charge in [0.25, 0.3) is 5.91 Å². The summed E-state index contributed by atoms with van der Waals surface area (Å²) >= 11 is 7.51. The molecule has 4 rings (SSSR count). The lowest BCUT2D eigenvalue weighted by molar-refractivity contribution is -0.124. The van der Waals surface area contributed by atoms with Gasteiger partial charge in [-0.2, -0.15) is 0 Å². The number of fused-ring (bicyclic) bond motifs is 4. The molecule has 2 aromatic rings. The second-order valence-electron chi connectivity index (χ2n) is 6.40. The number of likely N-dealkylation sites (tertiary alicyclic amines) is 1. The van der Waals surface area contributed by atoms with Gasteiger partial charge in [0.2, 0.25) is 5.91 Å². The van der Waals surface area contributed by atoms with Gasteiger partial charge in [-0.25, -0.2) is 4.39 Å². The molecule has 2 fully saturated rings. The van der Waals surface area contributed by atoms with E-state index in [9.17, 15) is 14.0 Å². The van der Waals surface area contributed by atoms with Crippen LogP contribution in [0.3, 0.4) is 0 Å². The van der Waals surface area contributed by atoms with E-state index in [2.05, 4.69) is 5.32 Å². The molecule has 126 valence electrons. The summed E-state index contributed by atoms with van der Waals surface area (Å²) in [5, 5.41) is 3.48. The number of hydrogen-bond acceptors (Lipinski definition) is 3. The van der Waals surface area contributed by atoms with Crippen LogP contribution in [0.15, 0.2) is 18.2 Å². The summed E-state index contributed by atoms with van der Waals surface area (Å²) < 4.78 is 14.7. The highest BCUT2D eigenvalue weighted by atomic mass is 35.5. The molecule has 1 N–H and O–H groups in total. The molecule has 2 unspecified atom stereocenters. The number of carbonyl (C=O) groups excluding carboxylic acids is 2. The highest BCUT2D eigenvalue weighted by Gasteiger charge is 2.35. The number of rotatable bonds is 1. The largest absolute Gasteiger partial charge is 0.351 e. The van der Waals surface area contributed by atoms with E-state index in [0.29, 0.717) is 28.1 Å². The number of amides is 2. The second-order valence-corrected chi connectivity index (χ2v) is 7.83. The van der Waals surface area contributed by atoms with Crippen molar-refractivity contribution in [2.75, 3.05) is 13.1 Å². The molecule has 0 aliphatic carbocycles. The zero-order valence-electron chi connectivity index (χ0n) is 12.9. The molecule has 1 aromatic carbocycles. The van der Waals surface area contributed by atoms with Gasteiger partial charge in [-0.05, 0) is 25.0 Å². The number of benzene rings is 1. The second kappa shape index (κ2) is 6.01. The fourth-order valence-electron chi connectivity index (χ4n) is 3.57. The van der Waals surface area contributed by atoms with Crippen molar-refractivity contribution in [2.45, 2.75) is 25.3 Å². The molecule has 4 nitrogen and oxygen atoms in total. The van der Waals surface area contributed by atoms with Gasteiger partial charge >= 0.3 is 0 Å². The first-order chi connectivity index (χ1) is 11.5. The predicted octanol–water partition coefficient (Wildman–Crippen LogP) is 3.43. The topological polar surface area (TPSA) is 49.4 Å². The number of nitrogens with one attached hydrogen (secondary N) is 1. The third-order valence-electron chi connectivity index (χ3n) is 4.79. The van der Waals surface area contributed by atoms with Crippen LogP contribution < -0.4 is 5.32 Å². The van der Waals surface area contributed by atoms with Crippen LogP contribution in [0.25, 0.3) is 10.1 Å². The van der Waals surface area contributed by atoms with E-state index in [0.717, 1.165) is 19.3 Å². The Kier molecular flexibility index (Phi) is 3.96. The first-order valence-corrected chi connectivity index (χ1v) is 9.20. The molecule has 0 saturated carbocycles. The molecular formula is C17H16ClFN2O2S. The zero-order valence-corrected chi connectivity index (χ0v) is 14.4. The van der Waals surface area contributed by atoms with E-state index < -0.39 is 5.82 Å². The number of nitrogens with zero attached hydrogens (tertiary/aromatic N) is 1. The summed E-state index contributed by atoms with van der Waals surface area (Å²) in [5.74, 6) is -0.779. The van der Waals surface area contributed by atoms with Crippen LogP contribution in [0.5, 0.6) is 0 Å². The smallest absolute Gasteiger partial charge is 0.265 e. The first-order valence-electron chi connectivity index (χ1n) is 8.00. The van der Waals surface area contributed by atoms with Crippen LogP contribution in [0.2, 0.25) is 5.02 Å². The van der Waals surface area contributed by atoms with Crippen molar-refractivity contribution in [3.63, 3.8) is 0 Å². The molecule has 2 saturated heterocycles. The summed E-state index contributed by atoms with van der Waals surface area (Å²) in [6, 6.07) is 4.69. The molecule has 24 heavy (non-hydrogen) atoms. The van der Waals surface area contributed by atoms with E-state index >= 15 is 0 Å². The Bertz CT molecular complexity index is 837. The van der Waals surface area contributed by atoms with E-state index in [1.54, 1.807) is 17.0 Å². The summed E-state index contributed by atoms with van der Waals surface area (Å²) in [7, 11) is 0. The average Bonchev–Trinajstić information content (AvgIpc) is 2.66. The molecule has 3 heterocycles. The van der Waals surface area contributed by atoms with Gasteiger partial charge in [-0.15, -0.1) is 11.3 Å². The lowest BCUT2D eigenvalue weighted by atomic mass is 9.99. The Labute approximate surface area is 147 Å². The third kappa shape index (κ3) is 2.58. The molecule has 0 spiro atoms. The van der Waals surface area contributed by atoms with E-state index in [1.807, 2.05) is 0 Å². The zero-order chi connectivity index (χ0) is 16.8. The average molecular weight is 367 g/mol. The van der Waals surface area contributed by atoms with Gasteiger partial charge in [-0.3, -0.25) is 9.59 Å². The Balaban J connectivity index is 1.70. The molecule has 1 aromatic heterocycles. The van der Waals surface area contributed by atoms with E-state index in [4.69, 9.17) is 11.6 Å². The molecule has 7 heteroatoms. The minimum Gasteiger partial charge on any atom is -0.351 e. The fourth-order valence-corrected chi connectivity index (χ4v) is 5.09. The maximum Gasteiger partial charge on any atom is 0.265 e. The highest BCUT2D eigenvalue weighted by molar-refractivity contribution is 7.21. The lowest BCUT2D eigenvalue weighted by Crippen LogP contribution is -2.41. The van der Waals surface area contributed by atoms with Gasteiger partial charge in [0.15, 0.2) is 0 Å². The minimum atomic E-state index is -0.419. The Morgan fingerprint density at radius 2 is 2.17 bits per heavy atom. The molecule has 2 aliphatic heterocycles. The van der Waals surface area contributed by atoms with Crippen LogP contribution in [-0.4, -0.2) is 35.8 Å². The highest BCUT2D eigenvalue weighted by Crippen LogP contribution is 2.38. The normalized spacial score (nSPS) is 23.9. The fraction of sp³-hybridized carbons (Fsp3) is 0.412. The molecule has 2 atom stereocenters. The molecule has 2 bridgehead atoms. The van der Waals surface area contributed by atoms with Gasteiger partial charge in [0.05, 0.1) is 10.9 Å². The van der Waals surface area contributed by atoms with Crippen molar-refractivity contribution in [1.29, 1.82) is 0 Å². The quantitative estimate of drug-likeness (QED) is 0.840. The van der Waals surface area contributed by atoms with Gasteiger partial charge in [0.1, 0.15) is 10.7 Å². The van der Waals surface area contributed by atoms with Gasteiger partial charge in [0, 0.05) is 29.2 Å². The number of hydrogen-bond donors (Lipinski definition) is 1. The summed E-state index contributed by atoms with van der Waals surface area (Å²) in [6.07, 6.45) is 2.66. The van der Waals surface area contributed by atoms with Crippen molar-refractivity contribution in [1.82, 2.24) is 10.2 Å². The summed E-state index contributed by atoms with van der Waals surface area (Å²) in [4.78, 5) is 27.2. The Hall–Kier alpha value is -1.66. The van der Waals surface area contributed by atoms with Crippen molar-refractivity contribution >= 4 is 44.8 Å². The predicted molar refractivity (Wildman–Crippen MR) is 92.0 cm³/mol. The SMILES string of the molecule is O=C1NC2CCCC1CN(C(=O)c1sc3cccc(F)c3c1Cl)C2. The molecule has 2 aliphatic rings. The molecule has 2 amide bonds. The van der Waals surface area contributed by atoms with Crippen LogP contribution in [-0.2, 0) is 4.79 Å². The molecular weight excluding hydrogens is 351 g/mol. The van der Waals surface area contributed by atoms with E-state index in [-0.39, 0.29) is 28.8 Å². The number of thiophene rings is 1. The lowest BCUT2D eigenvalue weighted by Gasteiger charge is -2.27. The van der Waals surface area contributed by atoms with Crippen LogP contribution in [0.1, 0.15) is 28.9 Å². The number of halogens is 2. The first kappa shape index (κ1) is 15.8. The monoisotopic (exact) mass is 366 g/mol. The van der Waals surface area contributed by atoms with Crippen LogP contribution in [0.4, 0.5) is 4.39 Å². The summed E-state index contributed by atoms with van der Waals surface area (Å²) in [6.45, 7) is 0.877. The summed E-state index contributed by atoms with van der Waals surface area (Å²) in [5.41, 5.74) is 0. The Morgan fingerprint density at radius 3 is 2.96 bits per heavy atom. The van der Waals surface area contributed by atoms with Crippen molar-refractivity contribution in [3.8, 4) is 0 Å². The van der Waals surface area contributed by atoms with Crippen LogP contribution in [0, 0.1) is 11.7 Å². The van der Waals surface area contributed by atoms with Crippen molar-refractivity contribution < 1.29 is 14.0 Å². The number of carbonyl (C=O) groups is 2. The van der Waals surface area contributed by atoms with Gasteiger partial charge in [-0.1, -0.05) is 24.1 Å². The van der Waals surface area contributed by atoms with Crippen molar-refractivity contribution in [3.05, 3.63) is 33.9 Å². The maximum absolute atomic E-state index is 14.0. The van der Waals surface area contributed by atoms with Crippen LogP contribution >= 0.6 is 22.9 Å². The van der Waals surface area contributed by atoms with E-state index in [1.165, 1.54) is 17.4 Å². The maximum atomic E-state index is 14.0.